The first-order valence-corrected chi connectivity index (χ1v) is 9.82. The highest BCUT2D eigenvalue weighted by atomic mass is 16.5. The van der Waals surface area contributed by atoms with Gasteiger partial charge in [-0.1, -0.05) is 13.3 Å². The number of ether oxygens (including phenoxy) is 6. The third-order valence-electron chi connectivity index (χ3n) is 3.72. The molecule has 0 aliphatic carbocycles. The minimum atomic E-state index is 0.150. The number of carbonyl (C=O) groups excluding carboxylic acids is 1. The first-order chi connectivity index (χ1) is 13.3. The van der Waals surface area contributed by atoms with Gasteiger partial charge in [0.05, 0.1) is 66.1 Å². The second-order valence-corrected chi connectivity index (χ2v) is 5.92. The van der Waals surface area contributed by atoms with E-state index in [0.717, 1.165) is 12.8 Å². The molecule has 0 spiro atoms. The smallest absolute Gasteiger partial charge is 0.222 e. The van der Waals surface area contributed by atoms with Crippen molar-refractivity contribution in [2.24, 2.45) is 0 Å². The Kier molecular flexibility index (Phi) is 20.9. The molecule has 8 heteroatoms. The van der Waals surface area contributed by atoms with Crippen LogP contribution < -0.4 is 0 Å². The lowest BCUT2D eigenvalue weighted by molar-refractivity contribution is -0.133. The van der Waals surface area contributed by atoms with Crippen molar-refractivity contribution in [3.63, 3.8) is 0 Å². The fraction of sp³-hybridized carbons (Fsp3) is 0.947. The number of hydrogen-bond acceptors (Lipinski definition) is 7. The Hall–Kier alpha value is -0.770. The van der Waals surface area contributed by atoms with Crippen LogP contribution in [0.3, 0.4) is 0 Å². The number of hydrogen-bond donors (Lipinski definition) is 0. The molecule has 8 nitrogen and oxygen atoms in total. The van der Waals surface area contributed by atoms with E-state index in [4.69, 9.17) is 28.4 Å². The fourth-order valence-electron chi connectivity index (χ4n) is 2.13. The quantitative estimate of drug-likeness (QED) is 0.273. The van der Waals surface area contributed by atoms with E-state index in [-0.39, 0.29) is 5.91 Å². The van der Waals surface area contributed by atoms with Gasteiger partial charge >= 0.3 is 0 Å². The molecule has 0 bridgehead atoms. The maximum atomic E-state index is 12.3. The predicted molar refractivity (Wildman–Crippen MR) is 103 cm³/mol. The lowest BCUT2D eigenvalue weighted by atomic mass is 10.2. The molecule has 0 aromatic carbocycles. The summed E-state index contributed by atoms with van der Waals surface area (Å²) in [7, 11) is 3.28. The van der Waals surface area contributed by atoms with Gasteiger partial charge in [-0.05, 0) is 6.42 Å². The van der Waals surface area contributed by atoms with Crippen LogP contribution in [0.4, 0.5) is 0 Å². The number of unbranched alkanes of at least 4 members (excludes halogenated alkanes) is 1. The Morgan fingerprint density at radius 2 is 1.07 bits per heavy atom. The molecule has 0 fully saturated rings. The summed E-state index contributed by atoms with van der Waals surface area (Å²) in [5, 5.41) is 0. The molecule has 0 radical (unpaired) electrons. The number of rotatable bonds is 21. The molecule has 0 heterocycles. The molecular formula is C19H39NO7. The Morgan fingerprint density at radius 1 is 0.667 bits per heavy atom. The Bertz CT molecular complexity index is 298. The van der Waals surface area contributed by atoms with Crippen molar-refractivity contribution in [1.29, 1.82) is 0 Å². The third-order valence-corrected chi connectivity index (χ3v) is 3.72. The van der Waals surface area contributed by atoms with Crippen molar-refractivity contribution in [1.82, 2.24) is 4.90 Å². The molecule has 0 aliphatic heterocycles. The van der Waals surface area contributed by atoms with Gasteiger partial charge in [0.25, 0.3) is 0 Å². The van der Waals surface area contributed by atoms with Gasteiger partial charge in [0.15, 0.2) is 0 Å². The van der Waals surface area contributed by atoms with E-state index >= 15 is 0 Å². The molecule has 162 valence electrons. The number of carbonyl (C=O) groups is 1. The van der Waals surface area contributed by atoms with Crippen LogP contribution >= 0.6 is 0 Å². The molecule has 0 aromatic rings. The SMILES string of the molecule is CCCCC(=O)N(CCOCCOCCOC)CCOCCOCCOC. The highest BCUT2D eigenvalue weighted by molar-refractivity contribution is 5.76. The summed E-state index contributed by atoms with van der Waals surface area (Å²) in [5.74, 6) is 0.150. The topological polar surface area (TPSA) is 75.7 Å². The van der Waals surface area contributed by atoms with Crippen LogP contribution in [0.2, 0.25) is 0 Å². The van der Waals surface area contributed by atoms with E-state index in [0.29, 0.717) is 85.6 Å². The summed E-state index contributed by atoms with van der Waals surface area (Å²) in [5.41, 5.74) is 0. The van der Waals surface area contributed by atoms with Crippen molar-refractivity contribution in [2.75, 3.05) is 93.4 Å². The molecule has 27 heavy (non-hydrogen) atoms. The number of nitrogens with zero attached hydrogens (tertiary/aromatic N) is 1. The zero-order valence-corrected chi connectivity index (χ0v) is 17.4. The van der Waals surface area contributed by atoms with Crippen molar-refractivity contribution >= 4 is 5.91 Å². The molecular weight excluding hydrogens is 354 g/mol. The van der Waals surface area contributed by atoms with E-state index in [1.165, 1.54) is 0 Å². The van der Waals surface area contributed by atoms with E-state index < -0.39 is 0 Å². The van der Waals surface area contributed by atoms with Gasteiger partial charge in [0.2, 0.25) is 5.91 Å². The second kappa shape index (κ2) is 21.5. The molecule has 0 atom stereocenters. The van der Waals surface area contributed by atoms with Crippen LogP contribution in [-0.2, 0) is 33.2 Å². The van der Waals surface area contributed by atoms with Crippen molar-refractivity contribution < 1.29 is 33.2 Å². The van der Waals surface area contributed by atoms with Crippen LogP contribution in [0, 0.1) is 0 Å². The number of amides is 1. The summed E-state index contributed by atoms with van der Waals surface area (Å²) in [6.07, 6.45) is 2.47. The van der Waals surface area contributed by atoms with E-state index in [1.807, 2.05) is 4.90 Å². The summed E-state index contributed by atoms with van der Waals surface area (Å²) in [6.45, 7) is 8.55. The van der Waals surface area contributed by atoms with Gasteiger partial charge in [-0.2, -0.15) is 0 Å². The van der Waals surface area contributed by atoms with Crippen LogP contribution in [0.5, 0.6) is 0 Å². The summed E-state index contributed by atoms with van der Waals surface area (Å²) < 4.78 is 31.6. The van der Waals surface area contributed by atoms with Crippen LogP contribution in [0.1, 0.15) is 26.2 Å². The van der Waals surface area contributed by atoms with Gasteiger partial charge in [-0.25, -0.2) is 0 Å². The van der Waals surface area contributed by atoms with Gasteiger partial charge in [-0.15, -0.1) is 0 Å². The monoisotopic (exact) mass is 393 g/mol. The Morgan fingerprint density at radius 3 is 1.48 bits per heavy atom. The summed E-state index contributed by atoms with van der Waals surface area (Å²) >= 11 is 0. The highest BCUT2D eigenvalue weighted by Gasteiger charge is 2.12. The van der Waals surface area contributed by atoms with Crippen molar-refractivity contribution in [3.05, 3.63) is 0 Å². The molecule has 1 amide bonds. The van der Waals surface area contributed by atoms with E-state index in [1.54, 1.807) is 14.2 Å². The van der Waals surface area contributed by atoms with Crippen LogP contribution in [-0.4, -0.2) is 104 Å². The van der Waals surface area contributed by atoms with Crippen LogP contribution in [0.25, 0.3) is 0 Å². The molecule has 0 unspecified atom stereocenters. The lowest BCUT2D eigenvalue weighted by Gasteiger charge is -2.23. The number of methoxy groups -OCH3 is 2. The molecule has 0 aliphatic rings. The molecule has 0 rings (SSSR count). The van der Waals surface area contributed by atoms with E-state index in [9.17, 15) is 4.79 Å². The molecule has 0 saturated heterocycles. The molecule has 0 aromatic heterocycles. The van der Waals surface area contributed by atoms with Crippen molar-refractivity contribution in [3.8, 4) is 0 Å². The Labute approximate surface area is 164 Å². The van der Waals surface area contributed by atoms with Crippen LogP contribution in [0.15, 0.2) is 0 Å². The van der Waals surface area contributed by atoms with Crippen molar-refractivity contribution in [2.45, 2.75) is 26.2 Å². The first kappa shape index (κ1) is 26.2. The zero-order chi connectivity index (χ0) is 20.0. The minimum Gasteiger partial charge on any atom is -0.382 e. The maximum absolute atomic E-state index is 12.3. The highest BCUT2D eigenvalue weighted by Crippen LogP contribution is 2.01. The van der Waals surface area contributed by atoms with Gasteiger partial charge < -0.3 is 33.3 Å². The standard InChI is InChI=1S/C19H39NO7/c1-4-5-6-19(21)20(7-9-24-15-17-26-13-11-22-2)8-10-25-16-18-27-14-12-23-3/h4-18H2,1-3H3. The minimum absolute atomic E-state index is 0.150. The summed E-state index contributed by atoms with van der Waals surface area (Å²) in [6, 6.07) is 0. The largest absolute Gasteiger partial charge is 0.382 e. The second-order valence-electron chi connectivity index (χ2n) is 5.92. The first-order valence-electron chi connectivity index (χ1n) is 9.82. The Balaban J connectivity index is 3.85. The third kappa shape index (κ3) is 18.4. The normalized spacial score (nSPS) is 11.1. The van der Waals surface area contributed by atoms with Gasteiger partial charge in [0, 0.05) is 33.7 Å². The van der Waals surface area contributed by atoms with Gasteiger partial charge in [0.1, 0.15) is 0 Å². The average Bonchev–Trinajstić information content (AvgIpc) is 2.68. The van der Waals surface area contributed by atoms with Gasteiger partial charge in [-0.3, -0.25) is 4.79 Å². The average molecular weight is 394 g/mol. The lowest BCUT2D eigenvalue weighted by Crippen LogP contribution is -2.37. The molecule has 0 N–H and O–H groups in total. The maximum Gasteiger partial charge on any atom is 0.222 e. The fourth-order valence-corrected chi connectivity index (χ4v) is 2.13. The predicted octanol–water partition coefficient (Wildman–Crippen LogP) is 1.36. The zero-order valence-electron chi connectivity index (χ0n) is 17.4. The molecule has 0 saturated carbocycles. The summed E-state index contributed by atoms with van der Waals surface area (Å²) in [4.78, 5) is 14.1. The van der Waals surface area contributed by atoms with E-state index in [2.05, 4.69) is 6.92 Å².